The maximum absolute atomic E-state index is 11.5. The van der Waals surface area contributed by atoms with Crippen LogP contribution >= 0.6 is 8.00 Å². The predicted octanol–water partition coefficient (Wildman–Crippen LogP) is 0.467. The van der Waals surface area contributed by atoms with Crippen LogP contribution in [0.15, 0.2) is 0 Å². The van der Waals surface area contributed by atoms with Gasteiger partial charge in [-0.05, 0) is 20.8 Å². The van der Waals surface area contributed by atoms with E-state index in [-0.39, 0.29) is 25.1 Å². The summed E-state index contributed by atoms with van der Waals surface area (Å²) in [6, 6.07) is 0. The van der Waals surface area contributed by atoms with Gasteiger partial charge in [0.25, 0.3) is 5.29 Å². The van der Waals surface area contributed by atoms with E-state index in [1.54, 1.807) is 20.8 Å². The molecule has 0 fully saturated rings. The molecule has 1 unspecified atom stereocenters. The van der Waals surface area contributed by atoms with Crippen LogP contribution in [-0.4, -0.2) is 37.7 Å². The second-order valence-electron chi connectivity index (χ2n) is 2.48. The van der Waals surface area contributed by atoms with E-state index in [1.165, 1.54) is 0 Å². The first-order valence-electron chi connectivity index (χ1n) is 4.88. The Hall–Kier alpha value is -0.480. The van der Waals surface area contributed by atoms with Gasteiger partial charge in [-0.15, -0.1) is 0 Å². The van der Waals surface area contributed by atoms with Crippen LogP contribution < -0.4 is 4.89 Å². The minimum absolute atomic E-state index is 0.00939. The lowest BCUT2D eigenvalue weighted by atomic mass is 10.4. The maximum atomic E-state index is 11.5. The fourth-order valence-electron chi connectivity index (χ4n) is 0.794. The Morgan fingerprint density at radius 2 is 1.87 bits per heavy atom. The molecule has 5 nitrogen and oxygen atoms in total. The third kappa shape index (κ3) is 5.85. The van der Waals surface area contributed by atoms with Crippen molar-refractivity contribution in [2.24, 2.45) is 0 Å². The summed E-state index contributed by atoms with van der Waals surface area (Å²) < 4.78 is 14.6. The molecule has 0 rings (SSSR count). The number of hydrogen-bond donors (Lipinski definition) is 0. The summed E-state index contributed by atoms with van der Waals surface area (Å²) in [7, 11) is -2.14. The zero-order valence-electron chi connectivity index (χ0n) is 9.32. The van der Waals surface area contributed by atoms with Gasteiger partial charge in [-0.1, -0.05) is 0 Å². The topological polar surface area (TPSA) is 67.8 Å². The van der Waals surface area contributed by atoms with Crippen molar-refractivity contribution in [3.05, 3.63) is 0 Å². The average Bonchev–Trinajstić information content (AvgIpc) is 2.19. The van der Waals surface area contributed by atoms with E-state index < -0.39 is 14.0 Å². The standard InChI is InChI=1S/C9H17O5P/c1-4-12-7-8(9(10)13-5-2)15(11)14-6-3/h4-7H2,1-3H3. The molecule has 0 radical (unpaired) electrons. The molecule has 0 aromatic rings. The Labute approximate surface area is 90.9 Å². The summed E-state index contributed by atoms with van der Waals surface area (Å²) in [5.41, 5.74) is 0. The number of carbonyl (C=O) groups excluding carboxylic acids is 1. The molecule has 0 amide bonds. The van der Waals surface area contributed by atoms with E-state index in [2.05, 4.69) is 0 Å². The van der Waals surface area contributed by atoms with Crippen molar-refractivity contribution in [2.75, 3.05) is 26.4 Å². The third-order valence-electron chi connectivity index (χ3n) is 1.42. The number of rotatable bonds is 7. The van der Waals surface area contributed by atoms with Crippen molar-refractivity contribution in [3.8, 4) is 0 Å². The normalized spacial score (nSPS) is 12.3. The smallest absolute Gasteiger partial charge is 0.382 e. The van der Waals surface area contributed by atoms with Crippen LogP contribution in [0.5, 0.6) is 0 Å². The molecule has 88 valence electrons. The summed E-state index contributed by atoms with van der Waals surface area (Å²) in [6.45, 7) is 6.13. The van der Waals surface area contributed by atoms with E-state index in [0.29, 0.717) is 6.61 Å². The first-order valence-corrected chi connectivity index (χ1v) is 6.05. The highest BCUT2D eigenvalue weighted by molar-refractivity contribution is 7.49. The zero-order valence-corrected chi connectivity index (χ0v) is 10.2. The van der Waals surface area contributed by atoms with Gasteiger partial charge in [0, 0.05) is 6.61 Å². The van der Waals surface area contributed by atoms with Crippen LogP contribution in [0.3, 0.4) is 0 Å². The molecule has 1 atom stereocenters. The second-order valence-corrected chi connectivity index (χ2v) is 3.79. The highest BCUT2D eigenvalue weighted by atomic mass is 31.1. The van der Waals surface area contributed by atoms with Gasteiger partial charge in [0.15, 0.2) is 0 Å². The van der Waals surface area contributed by atoms with Gasteiger partial charge in [-0.2, -0.15) is 4.52 Å². The highest BCUT2D eigenvalue weighted by Crippen LogP contribution is 2.16. The minimum Gasteiger partial charge on any atom is -0.602 e. The Morgan fingerprint density at radius 1 is 1.20 bits per heavy atom. The molecule has 0 aromatic carbocycles. The van der Waals surface area contributed by atoms with Crippen LogP contribution in [0.25, 0.3) is 0 Å². The fourth-order valence-corrected chi connectivity index (χ4v) is 1.60. The van der Waals surface area contributed by atoms with E-state index in [9.17, 15) is 9.69 Å². The monoisotopic (exact) mass is 236 g/mol. The van der Waals surface area contributed by atoms with Crippen LogP contribution in [-0.2, 0) is 18.8 Å². The summed E-state index contributed by atoms with van der Waals surface area (Å²) in [5.74, 6) is -0.611. The molecule has 0 aliphatic carbocycles. The Morgan fingerprint density at radius 3 is 2.33 bits per heavy atom. The predicted molar refractivity (Wildman–Crippen MR) is 56.7 cm³/mol. The van der Waals surface area contributed by atoms with Crippen molar-refractivity contribution >= 4 is 19.3 Å². The number of esters is 1. The molecule has 0 bridgehead atoms. The molecule has 0 aliphatic heterocycles. The zero-order chi connectivity index (χ0) is 11.7. The molecule has 0 N–H and O–H groups in total. The van der Waals surface area contributed by atoms with Gasteiger partial charge in [0.05, 0.1) is 13.2 Å². The van der Waals surface area contributed by atoms with E-state index in [4.69, 9.17) is 14.0 Å². The first kappa shape index (κ1) is 14.5. The molecule has 0 aliphatic rings. The quantitative estimate of drug-likeness (QED) is 0.474. The Balaban J connectivity index is 4.54. The molecule has 0 aromatic heterocycles. The SMILES string of the molecule is CCOC/C(C(=O)OCC)=[P+](\[O-])OCC. The van der Waals surface area contributed by atoms with Gasteiger partial charge in [-0.3, -0.25) is 0 Å². The van der Waals surface area contributed by atoms with Gasteiger partial charge >= 0.3 is 5.97 Å². The van der Waals surface area contributed by atoms with Crippen LogP contribution in [0.1, 0.15) is 20.8 Å². The van der Waals surface area contributed by atoms with Gasteiger partial charge in [-0.25, -0.2) is 4.79 Å². The maximum Gasteiger partial charge on any atom is 0.382 e. The largest absolute Gasteiger partial charge is 0.602 e. The fraction of sp³-hybridized carbons (Fsp3) is 0.778. The lowest BCUT2D eigenvalue weighted by Crippen LogP contribution is -2.24. The average molecular weight is 236 g/mol. The van der Waals surface area contributed by atoms with Crippen LogP contribution in [0, 0.1) is 0 Å². The van der Waals surface area contributed by atoms with Crippen molar-refractivity contribution in [1.29, 1.82) is 0 Å². The summed E-state index contributed by atoms with van der Waals surface area (Å²) in [5, 5.41) is 0.0514. The van der Waals surface area contributed by atoms with Crippen molar-refractivity contribution < 1.29 is 23.7 Å². The van der Waals surface area contributed by atoms with Gasteiger partial charge < -0.3 is 14.4 Å². The molecule has 0 saturated heterocycles. The lowest BCUT2D eigenvalue weighted by Gasteiger charge is -2.05. The summed E-state index contributed by atoms with van der Waals surface area (Å²) in [4.78, 5) is 22.8. The third-order valence-corrected chi connectivity index (χ3v) is 2.67. The van der Waals surface area contributed by atoms with Crippen molar-refractivity contribution in [2.45, 2.75) is 20.8 Å². The van der Waals surface area contributed by atoms with Crippen molar-refractivity contribution in [1.82, 2.24) is 0 Å². The van der Waals surface area contributed by atoms with Gasteiger partial charge in [0.1, 0.15) is 6.61 Å². The molecule has 0 heterocycles. The van der Waals surface area contributed by atoms with Crippen molar-refractivity contribution in [3.63, 3.8) is 0 Å². The molecular formula is C9H17O5P. The summed E-state index contributed by atoms with van der Waals surface area (Å²) in [6.07, 6.45) is 0. The Bertz CT molecular complexity index is 227. The number of ether oxygens (including phenoxy) is 2. The molecule has 6 heteroatoms. The molecule has 0 saturated carbocycles. The Kier molecular flexibility index (Phi) is 8.52. The van der Waals surface area contributed by atoms with Crippen LogP contribution in [0.2, 0.25) is 0 Å². The summed E-state index contributed by atoms with van der Waals surface area (Å²) >= 11 is 0. The van der Waals surface area contributed by atoms with E-state index in [0.717, 1.165) is 0 Å². The van der Waals surface area contributed by atoms with Gasteiger partial charge in [0.2, 0.25) is 8.00 Å². The molecular weight excluding hydrogens is 219 g/mol. The molecule has 0 spiro atoms. The van der Waals surface area contributed by atoms with Crippen LogP contribution in [0.4, 0.5) is 0 Å². The minimum atomic E-state index is -2.14. The van der Waals surface area contributed by atoms with E-state index in [1.807, 2.05) is 0 Å². The lowest BCUT2D eigenvalue weighted by molar-refractivity contribution is -0.172. The first-order chi connectivity index (χ1) is 7.17. The number of carbonyl (C=O) groups is 1. The van der Waals surface area contributed by atoms with E-state index >= 15 is 0 Å². The second kappa shape index (κ2) is 8.80. The molecule has 15 heavy (non-hydrogen) atoms. The number of hydrogen-bond acceptors (Lipinski definition) is 5. The highest BCUT2D eigenvalue weighted by Gasteiger charge is 2.22.